The highest BCUT2D eigenvalue weighted by Gasteiger charge is 2.52. The Kier molecular flexibility index (Phi) is 18.7. The first-order valence-electron chi connectivity index (χ1n) is 25.3. The van der Waals surface area contributed by atoms with Crippen LogP contribution in [0.4, 0.5) is 0 Å². The molecule has 3 atom stereocenters. The molecular formula is C62H61N5O7S2. The molecule has 1 saturated carbocycles. The Labute approximate surface area is 452 Å². The van der Waals surface area contributed by atoms with Crippen LogP contribution in [-0.2, 0) is 39.9 Å². The lowest BCUT2D eigenvalue weighted by atomic mass is 9.84. The van der Waals surface area contributed by atoms with Crippen LogP contribution in [-0.4, -0.2) is 86.6 Å². The second-order valence-corrected chi connectivity index (χ2v) is 21.1. The van der Waals surface area contributed by atoms with Gasteiger partial charge >= 0.3 is 5.97 Å². The highest BCUT2D eigenvalue weighted by molar-refractivity contribution is 8.00. The predicted octanol–water partition coefficient (Wildman–Crippen LogP) is 8.59. The number of carbonyl (C=O) groups is 5. The summed E-state index contributed by atoms with van der Waals surface area (Å²) in [7, 11) is 0. The lowest BCUT2D eigenvalue weighted by molar-refractivity contribution is -0.138. The molecule has 0 aliphatic heterocycles. The van der Waals surface area contributed by atoms with Crippen molar-refractivity contribution >= 4 is 53.1 Å². The summed E-state index contributed by atoms with van der Waals surface area (Å²) in [5.74, 6) is -3.11. The first-order chi connectivity index (χ1) is 37.0. The molecular weight excluding hydrogens is 991 g/mol. The summed E-state index contributed by atoms with van der Waals surface area (Å²) in [6.07, 6.45) is 6.28. The zero-order valence-corrected chi connectivity index (χ0v) is 43.5. The van der Waals surface area contributed by atoms with Gasteiger partial charge in [-0.1, -0.05) is 194 Å². The third-order valence-corrected chi connectivity index (χ3v) is 16.5. The third-order valence-electron chi connectivity index (χ3n) is 13.3. The molecule has 12 nitrogen and oxygen atoms in total. The summed E-state index contributed by atoms with van der Waals surface area (Å²) in [4.78, 5) is 72.2. The van der Waals surface area contributed by atoms with Crippen molar-refractivity contribution in [2.24, 2.45) is 0 Å². The van der Waals surface area contributed by atoms with Crippen LogP contribution in [0, 0.1) is 0 Å². The van der Waals surface area contributed by atoms with E-state index in [0.717, 1.165) is 33.4 Å². The van der Waals surface area contributed by atoms with E-state index in [1.807, 2.05) is 152 Å². The Hall–Kier alpha value is -7.78. The fourth-order valence-corrected chi connectivity index (χ4v) is 12.4. The molecule has 6 aromatic carbocycles. The number of pyridine rings is 1. The van der Waals surface area contributed by atoms with Crippen LogP contribution in [0.5, 0.6) is 0 Å². The number of nitrogens with one attached hydrogen (secondary N) is 4. The van der Waals surface area contributed by atoms with Crippen LogP contribution in [0.1, 0.15) is 64.6 Å². The number of aliphatic carboxylic acids is 1. The van der Waals surface area contributed by atoms with Crippen LogP contribution >= 0.6 is 23.5 Å². The highest BCUT2D eigenvalue weighted by atomic mass is 32.2. The Morgan fingerprint density at radius 1 is 0.579 bits per heavy atom. The third kappa shape index (κ3) is 13.5. The van der Waals surface area contributed by atoms with E-state index in [1.165, 1.54) is 11.8 Å². The van der Waals surface area contributed by atoms with Gasteiger partial charge in [0, 0.05) is 24.6 Å². The number of thioether (sulfide) groups is 2. The van der Waals surface area contributed by atoms with Gasteiger partial charge in [-0.15, -0.1) is 23.5 Å². The number of hydrogen-bond donors (Lipinski definition) is 6. The van der Waals surface area contributed by atoms with Crippen molar-refractivity contribution < 1.29 is 34.2 Å². The lowest BCUT2D eigenvalue weighted by Gasteiger charge is -2.37. The zero-order chi connectivity index (χ0) is 53.2. The van der Waals surface area contributed by atoms with Crippen molar-refractivity contribution in [3.05, 3.63) is 258 Å². The molecule has 0 radical (unpaired) electrons. The van der Waals surface area contributed by atoms with Crippen molar-refractivity contribution in [1.29, 1.82) is 0 Å². The van der Waals surface area contributed by atoms with E-state index in [2.05, 4.69) is 62.6 Å². The molecule has 7 aromatic rings. The standard InChI is InChI=1S/C62H61N5O7S2/c68-52(33-19-20-40-75-61(46-21-7-1-8-22-46,47-23-9-2-10-24-47)48-25-11-3-12-26-48)42-55(69)65-53(41-45-34-38-63-39-35-45)57(72)66-54(58(73)67-60(36-37-60)59(74)64-43-56(70)71)44-76-62(49-27-13-4-14-28-49,50-29-15-5-16-30-50)51-31-17-6-18-32-51/h1-19,21-35,38-39,52-54,68H,20,36-37,40-44H2,(H,64,74)(H,65,69)(H,66,72)(H,67,73)(H,70,71)/b33-19+/t52-,53-,54-/m1/s1. The minimum absolute atomic E-state index is 0.00996. The van der Waals surface area contributed by atoms with E-state index in [1.54, 1.807) is 42.4 Å². The fourth-order valence-electron chi connectivity index (χ4n) is 9.39. The van der Waals surface area contributed by atoms with Crippen LogP contribution in [0.15, 0.2) is 219 Å². The molecule has 1 heterocycles. The Bertz CT molecular complexity index is 2830. The average molecular weight is 1050 g/mol. The Morgan fingerprint density at radius 2 is 1.01 bits per heavy atom. The predicted molar refractivity (Wildman–Crippen MR) is 300 cm³/mol. The van der Waals surface area contributed by atoms with Crippen LogP contribution in [0.3, 0.4) is 0 Å². The molecule has 1 aromatic heterocycles. The Balaban J connectivity index is 1.01. The first kappa shape index (κ1) is 54.5. The molecule has 388 valence electrons. The summed E-state index contributed by atoms with van der Waals surface area (Å²) in [5.41, 5.74) is 5.50. The average Bonchev–Trinajstić information content (AvgIpc) is 4.25. The summed E-state index contributed by atoms with van der Waals surface area (Å²) in [6.45, 7) is -0.626. The molecule has 0 spiro atoms. The van der Waals surface area contributed by atoms with Gasteiger partial charge in [-0.3, -0.25) is 29.0 Å². The number of nitrogens with zero attached hydrogens (tertiary/aromatic N) is 1. The van der Waals surface area contributed by atoms with E-state index < -0.39 is 69.4 Å². The maximum atomic E-state index is 14.8. The van der Waals surface area contributed by atoms with Gasteiger partial charge in [-0.05, 0) is 76.1 Å². The number of aliphatic hydroxyl groups is 1. The van der Waals surface area contributed by atoms with E-state index in [4.69, 9.17) is 0 Å². The van der Waals surface area contributed by atoms with Gasteiger partial charge in [-0.2, -0.15) is 0 Å². The maximum Gasteiger partial charge on any atom is 0.322 e. The molecule has 0 saturated heterocycles. The number of carbonyl (C=O) groups excluding carboxylic acids is 4. The molecule has 4 amide bonds. The van der Waals surface area contributed by atoms with Gasteiger partial charge in [-0.25, -0.2) is 0 Å². The van der Waals surface area contributed by atoms with E-state index >= 15 is 0 Å². The second kappa shape index (κ2) is 26.1. The molecule has 8 rings (SSSR count). The van der Waals surface area contributed by atoms with Crippen molar-refractivity contribution in [2.45, 2.75) is 65.3 Å². The zero-order valence-electron chi connectivity index (χ0n) is 41.9. The monoisotopic (exact) mass is 1050 g/mol. The quantitative estimate of drug-likeness (QED) is 0.0174. The number of rotatable bonds is 26. The molecule has 1 aliphatic carbocycles. The number of amides is 4. The number of aromatic nitrogens is 1. The van der Waals surface area contributed by atoms with E-state index in [9.17, 15) is 34.2 Å². The summed E-state index contributed by atoms with van der Waals surface area (Å²) in [6, 6.07) is 61.7. The lowest BCUT2D eigenvalue weighted by Crippen LogP contribution is -2.59. The molecule has 0 unspecified atom stereocenters. The maximum absolute atomic E-state index is 14.8. The van der Waals surface area contributed by atoms with E-state index in [0.29, 0.717) is 17.7 Å². The van der Waals surface area contributed by atoms with Gasteiger partial charge in [0.05, 0.1) is 22.0 Å². The van der Waals surface area contributed by atoms with Gasteiger partial charge in [0.2, 0.25) is 23.6 Å². The second-order valence-electron chi connectivity index (χ2n) is 18.6. The molecule has 6 N–H and O–H groups in total. The molecule has 0 bridgehead atoms. The normalized spacial score (nSPS) is 14.1. The van der Waals surface area contributed by atoms with Crippen LogP contribution in [0.25, 0.3) is 0 Å². The minimum atomic E-state index is -1.36. The van der Waals surface area contributed by atoms with Crippen molar-refractivity contribution in [2.75, 3.05) is 18.1 Å². The summed E-state index contributed by atoms with van der Waals surface area (Å²) in [5, 5.41) is 31.6. The topological polar surface area (TPSA) is 187 Å². The number of carboxylic acid groups (broad SMARTS) is 1. The van der Waals surface area contributed by atoms with Gasteiger partial charge in [0.15, 0.2) is 0 Å². The number of allylic oxidation sites excluding steroid dienone is 1. The first-order valence-corrected chi connectivity index (χ1v) is 27.3. The van der Waals surface area contributed by atoms with Crippen molar-refractivity contribution in [3.63, 3.8) is 0 Å². The smallest absolute Gasteiger partial charge is 0.322 e. The van der Waals surface area contributed by atoms with Crippen LogP contribution in [0.2, 0.25) is 0 Å². The number of hydrogen-bond acceptors (Lipinski definition) is 9. The van der Waals surface area contributed by atoms with Crippen LogP contribution < -0.4 is 21.3 Å². The SMILES string of the molecule is O=C(O)CNC(=O)C1(NC(=O)[C@@H](CSC(c2ccccc2)(c2ccccc2)c2ccccc2)NC(=O)[C@@H](Cc2ccncc2)NC(=O)C[C@H](O)/C=C/CCSC(c2ccccc2)(c2ccccc2)c2ccccc2)CC1. The molecule has 1 aliphatic rings. The Morgan fingerprint density at radius 3 is 1.43 bits per heavy atom. The minimum Gasteiger partial charge on any atom is -0.480 e. The number of benzene rings is 6. The largest absolute Gasteiger partial charge is 0.480 e. The van der Waals surface area contributed by atoms with Crippen molar-refractivity contribution in [1.82, 2.24) is 26.3 Å². The molecule has 14 heteroatoms. The fraction of sp³-hybridized carbons (Fsp3) is 0.226. The summed E-state index contributed by atoms with van der Waals surface area (Å²) >= 11 is 3.22. The highest BCUT2D eigenvalue weighted by Crippen LogP contribution is 2.50. The van der Waals surface area contributed by atoms with Crippen molar-refractivity contribution in [3.8, 4) is 0 Å². The number of carboxylic acids is 1. The molecule has 1 fully saturated rings. The summed E-state index contributed by atoms with van der Waals surface area (Å²) < 4.78 is -1.41. The van der Waals surface area contributed by atoms with Gasteiger partial charge in [0.25, 0.3) is 0 Å². The van der Waals surface area contributed by atoms with Gasteiger partial charge < -0.3 is 31.5 Å². The van der Waals surface area contributed by atoms with E-state index in [-0.39, 0.29) is 31.4 Å². The number of aliphatic hydroxyl groups excluding tert-OH is 1. The molecule has 76 heavy (non-hydrogen) atoms. The van der Waals surface area contributed by atoms with Gasteiger partial charge in [0.1, 0.15) is 24.2 Å².